The Morgan fingerprint density at radius 1 is 1.44 bits per heavy atom. The Hall–Kier alpha value is -1.17. The molecule has 2 rings (SSSR count). The van der Waals surface area contributed by atoms with E-state index in [2.05, 4.69) is 10.1 Å². The summed E-state index contributed by atoms with van der Waals surface area (Å²) in [7, 11) is 1.27. The quantitative estimate of drug-likeness (QED) is 0.691. The molecule has 2 atom stereocenters. The molecule has 1 saturated heterocycles. The standard InChI is InChI=1S/C10H14FNO4/c1-15-10(14)7-4-8(9(13)12-7)16-6-2-5(11)3-6/h5-8H,2-4H2,1H3,(H,12,13). The number of esters is 1. The van der Waals surface area contributed by atoms with Crippen molar-refractivity contribution in [1.82, 2.24) is 5.32 Å². The summed E-state index contributed by atoms with van der Waals surface area (Å²) in [4.78, 5) is 22.6. The van der Waals surface area contributed by atoms with Crippen molar-refractivity contribution in [3.63, 3.8) is 0 Å². The highest BCUT2D eigenvalue weighted by Crippen LogP contribution is 2.29. The van der Waals surface area contributed by atoms with Crippen molar-refractivity contribution in [3.05, 3.63) is 0 Å². The van der Waals surface area contributed by atoms with Crippen LogP contribution in [-0.4, -0.2) is 43.4 Å². The third-order valence-corrected chi connectivity index (χ3v) is 2.94. The van der Waals surface area contributed by atoms with Gasteiger partial charge in [-0.15, -0.1) is 0 Å². The Balaban J connectivity index is 1.83. The fourth-order valence-electron chi connectivity index (χ4n) is 1.90. The second kappa shape index (κ2) is 4.37. The Kier molecular flexibility index (Phi) is 3.09. The number of nitrogens with one attached hydrogen (secondary N) is 1. The molecule has 1 saturated carbocycles. The summed E-state index contributed by atoms with van der Waals surface area (Å²) in [5.74, 6) is -0.797. The lowest BCUT2D eigenvalue weighted by molar-refractivity contribution is -0.143. The summed E-state index contributed by atoms with van der Waals surface area (Å²) < 4.78 is 22.5. The first-order chi connectivity index (χ1) is 7.60. The van der Waals surface area contributed by atoms with Gasteiger partial charge in [0.15, 0.2) is 0 Å². The van der Waals surface area contributed by atoms with Gasteiger partial charge in [0.2, 0.25) is 5.91 Å². The molecule has 1 heterocycles. The van der Waals surface area contributed by atoms with Crippen LogP contribution >= 0.6 is 0 Å². The molecular formula is C10H14FNO4. The molecule has 1 amide bonds. The third kappa shape index (κ3) is 2.16. The fourth-order valence-corrected chi connectivity index (χ4v) is 1.90. The number of methoxy groups -OCH3 is 1. The lowest BCUT2D eigenvalue weighted by Gasteiger charge is -2.31. The minimum atomic E-state index is -0.814. The maximum absolute atomic E-state index is 12.5. The number of alkyl halides is 1. The van der Waals surface area contributed by atoms with Crippen molar-refractivity contribution >= 4 is 11.9 Å². The van der Waals surface area contributed by atoms with Gasteiger partial charge >= 0.3 is 5.97 Å². The topological polar surface area (TPSA) is 64.6 Å². The van der Waals surface area contributed by atoms with Crippen molar-refractivity contribution < 1.29 is 23.5 Å². The number of ether oxygens (including phenoxy) is 2. The van der Waals surface area contributed by atoms with E-state index in [1.54, 1.807) is 0 Å². The van der Waals surface area contributed by atoms with E-state index < -0.39 is 24.3 Å². The van der Waals surface area contributed by atoms with E-state index in [0.29, 0.717) is 12.8 Å². The van der Waals surface area contributed by atoms with Crippen molar-refractivity contribution in [2.75, 3.05) is 7.11 Å². The average Bonchev–Trinajstić information content (AvgIpc) is 2.57. The van der Waals surface area contributed by atoms with Gasteiger partial charge in [-0.3, -0.25) is 4.79 Å². The van der Waals surface area contributed by atoms with Gasteiger partial charge in [-0.05, 0) is 0 Å². The summed E-state index contributed by atoms with van der Waals surface area (Å²) in [6.45, 7) is 0. The van der Waals surface area contributed by atoms with Crippen molar-refractivity contribution in [3.8, 4) is 0 Å². The van der Waals surface area contributed by atoms with Crippen molar-refractivity contribution in [1.29, 1.82) is 0 Å². The van der Waals surface area contributed by atoms with E-state index in [1.165, 1.54) is 7.11 Å². The number of amides is 1. The maximum Gasteiger partial charge on any atom is 0.328 e. The summed E-state index contributed by atoms with van der Waals surface area (Å²) in [5.41, 5.74) is 0. The number of halogens is 1. The molecule has 0 aromatic carbocycles. The maximum atomic E-state index is 12.5. The van der Waals surface area contributed by atoms with Gasteiger partial charge in [0.25, 0.3) is 0 Å². The van der Waals surface area contributed by atoms with E-state index in [4.69, 9.17) is 4.74 Å². The van der Waals surface area contributed by atoms with Gasteiger partial charge in [0, 0.05) is 19.3 Å². The van der Waals surface area contributed by atoms with E-state index >= 15 is 0 Å². The summed E-state index contributed by atoms with van der Waals surface area (Å²) in [6.07, 6.45) is -0.715. The Labute approximate surface area is 92.3 Å². The molecule has 0 aromatic heterocycles. The fraction of sp³-hybridized carbons (Fsp3) is 0.800. The minimum absolute atomic E-state index is 0.192. The van der Waals surface area contributed by atoms with Crippen LogP contribution in [0.15, 0.2) is 0 Å². The van der Waals surface area contributed by atoms with Crippen molar-refractivity contribution in [2.24, 2.45) is 0 Å². The van der Waals surface area contributed by atoms with Gasteiger partial charge < -0.3 is 14.8 Å². The van der Waals surface area contributed by atoms with Gasteiger partial charge in [0.05, 0.1) is 13.2 Å². The van der Waals surface area contributed by atoms with Crippen molar-refractivity contribution in [2.45, 2.75) is 43.7 Å². The molecule has 2 fully saturated rings. The zero-order valence-electron chi connectivity index (χ0n) is 8.94. The lowest BCUT2D eigenvalue weighted by atomic mass is 9.93. The predicted molar refractivity (Wildman–Crippen MR) is 51.4 cm³/mol. The largest absolute Gasteiger partial charge is 0.467 e. The number of rotatable bonds is 3. The van der Waals surface area contributed by atoms with Crippen LogP contribution in [0.4, 0.5) is 4.39 Å². The highest BCUT2D eigenvalue weighted by molar-refractivity contribution is 5.91. The SMILES string of the molecule is COC(=O)C1CC(OC2CC(F)C2)C(=O)N1. The van der Waals surface area contributed by atoms with Crippen LogP contribution in [0, 0.1) is 0 Å². The highest BCUT2D eigenvalue weighted by atomic mass is 19.1. The first-order valence-corrected chi connectivity index (χ1v) is 5.28. The van der Waals surface area contributed by atoms with Gasteiger partial charge in [-0.2, -0.15) is 0 Å². The smallest absolute Gasteiger partial charge is 0.328 e. The molecule has 1 aliphatic carbocycles. The monoisotopic (exact) mass is 231 g/mol. The Morgan fingerprint density at radius 3 is 2.69 bits per heavy atom. The van der Waals surface area contributed by atoms with E-state index in [0.717, 1.165) is 0 Å². The van der Waals surface area contributed by atoms with Crippen LogP contribution in [0.3, 0.4) is 0 Å². The molecule has 1 aliphatic heterocycles. The molecule has 5 nitrogen and oxygen atoms in total. The molecule has 2 unspecified atom stereocenters. The van der Waals surface area contributed by atoms with Crippen LogP contribution in [0.25, 0.3) is 0 Å². The molecule has 0 radical (unpaired) electrons. The molecule has 90 valence electrons. The summed E-state index contributed by atoms with van der Waals surface area (Å²) in [6, 6.07) is -0.635. The molecule has 1 N–H and O–H groups in total. The third-order valence-electron chi connectivity index (χ3n) is 2.94. The van der Waals surface area contributed by atoms with Gasteiger partial charge in [-0.25, -0.2) is 9.18 Å². The Bertz CT molecular complexity index is 303. The van der Waals surface area contributed by atoms with Crippen LogP contribution in [0.1, 0.15) is 19.3 Å². The van der Waals surface area contributed by atoms with Crippen LogP contribution in [0.2, 0.25) is 0 Å². The van der Waals surface area contributed by atoms with E-state index in [1.807, 2.05) is 0 Å². The number of hydrogen-bond acceptors (Lipinski definition) is 4. The lowest BCUT2D eigenvalue weighted by Crippen LogP contribution is -2.38. The molecule has 2 aliphatic rings. The zero-order chi connectivity index (χ0) is 11.7. The van der Waals surface area contributed by atoms with E-state index in [9.17, 15) is 14.0 Å². The zero-order valence-corrected chi connectivity index (χ0v) is 8.94. The highest BCUT2D eigenvalue weighted by Gasteiger charge is 2.41. The van der Waals surface area contributed by atoms with Gasteiger partial charge in [0.1, 0.15) is 18.3 Å². The van der Waals surface area contributed by atoms with Crippen LogP contribution in [0.5, 0.6) is 0 Å². The molecule has 6 heteroatoms. The normalized spacial score (nSPS) is 37.8. The molecule has 0 aromatic rings. The average molecular weight is 231 g/mol. The summed E-state index contributed by atoms with van der Waals surface area (Å²) >= 11 is 0. The molecular weight excluding hydrogens is 217 g/mol. The summed E-state index contributed by atoms with van der Waals surface area (Å²) in [5, 5.41) is 2.49. The molecule has 16 heavy (non-hydrogen) atoms. The Morgan fingerprint density at radius 2 is 2.12 bits per heavy atom. The van der Waals surface area contributed by atoms with E-state index in [-0.39, 0.29) is 18.4 Å². The molecule has 0 bridgehead atoms. The predicted octanol–water partition coefficient (Wildman–Crippen LogP) is -0.0664. The number of carbonyl (C=O) groups is 2. The second-order valence-electron chi connectivity index (χ2n) is 4.14. The van der Waals surface area contributed by atoms with Gasteiger partial charge in [-0.1, -0.05) is 0 Å². The number of carbonyl (C=O) groups excluding carboxylic acids is 2. The first-order valence-electron chi connectivity index (χ1n) is 5.28. The first kappa shape index (κ1) is 11.3. The minimum Gasteiger partial charge on any atom is -0.467 e. The van der Waals surface area contributed by atoms with Crippen LogP contribution in [-0.2, 0) is 19.1 Å². The second-order valence-corrected chi connectivity index (χ2v) is 4.14. The van der Waals surface area contributed by atoms with Crippen LogP contribution < -0.4 is 5.32 Å². The number of hydrogen-bond donors (Lipinski definition) is 1. The molecule has 0 spiro atoms.